The highest BCUT2D eigenvalue weighted by molar-refractivity contribution is 5.27. The Bertz CT molecular complexity index is 532. The van der Waals surface area contributed by atoms with E-state index in [0.29, 0.717) is 5.69 Å². The first-order valence-electron chi connectivity index (χ1n) is 3.35. The lowest BCUT2D eigenvalue weighted by Crippen LogP contribution is -2.28. The lowest BCUT2D eigenvalue weighted by Gasteiger charge is -1.91. The number of nitrogens with zero attached hydrogens (tertiary/aromatic N) is 2. The Hall–Kier alpha value is -1.85. The van der Waals surface area contributed by atoms with Crippen LogP contribution in [0.3, 0.4) is 0 Å². The first kappa shape index (κ1) is 6.84. The smallest absolute Gasteiger partial charge is 0.277 e. The number of H-pyrrole nitrogens is 2. The zero-order chi connectivity index (χ0) is 8.72. The van der Waals surface area contributed by atoms with E-state index >= 15 is 0 Å². The summed E-state index contributed by atoms with van der Waals surface area (Å²) in [7, 11) is 0. The first-order valence-corrected chi connectivity index (χ1v) is 3.35. The molecule has 0 radical (unpaired) electrons. The van der Waals surface area contributed by atoms with Gasteiger partial charge in [0.2, 0.25) is 5.78 Å². The largest absolute Gasteiger partial charge is 0.336 e. The summed E-state index contributed by atoms with van der Waals surface area (Å²) in [6.07, 6.45) is 1.51. The topological polar surface area (TPSA) is 83.0 Å². The van der Waals surface area contributed by atoms with Gasteiger partial charge in [-0.1, -0.05) is 0 Å². The van der Waals surface area contributed by atoms with Crippen LogP contribution in [0.25, 0.3) is 5.78 Å². The van der Waals surface area contributed by atoms with Crippen LogP contribution in [0.2, 0.25) is 0 Å². The normalized spacial score (nSPS) is 10.8. The monoisotopic (exact) mass is 166 g/mol. The number of aromatic nitrogens is 4. The fourth-order valence-corrected chi connectivity index (χ4v) is 1.07. The molecule has 2 N–H and O–H groups in total. The summed E-state index contributed by atoms with van der Waals surface area (Å²) in [5, 5.41) is 0. The van der Waals surface area contributed by atoms with E-state index in [0.717, 1.165) is 0 Å². The van der Waals surface area contributed by atoms with E-state index in [4.69, 9.17) is 0 Å². The summed E-state index contributed by atoms with van der Waals surface area (Å²) >= 11 is 0. The van der Waals surface area contributed by atoms with Crippen molar-refractivity contribution < 1.29 is 0 Å². The Morgan fingerprint density at radius 2 is 2.17 bits per heavy atom. The van der Waals surface area contributed by atoms with Crippen molar-refractivity contribution in [3.8, 4) is 0 Å². The van der Waals surface area contributed by atoms with Gasteiger partial charge >= 0.3 is 11.4 Å². The molecule has 2 aromatic heterocycles. The van der Waals surface area contributed by atoms with Crippen molar-refractivity contribution in [2.24, 2.45) is 0 Å². The fraction of sp³-hybridized carbons (Fsp3) is 0.167. The molecule has 0 bridgehead atoms. The standard InChI is InChI=1S/C6H6N4O2/c1-3-2-7-4-8-5(11)9-6(12)10(3)4/h2H,1H3,(H2,7,8,9,11,12). The first-order chi connectivity index (χ1) is 5.68. The highest BCUT2D eigenvalue weighted by atomic mass is 16.2. The molecule has 12 heavy (non-hydrogen) atoms. The lowest BCUT2D eigenvalue weighted by atomic mass is 10.6. The predicted molar refractivity (Wildman–Crippen MR) is 41.2 cm³/mol. The number of imidazole rings is 1. The maximum atomic E-state index is 11.1. The van der Waals surface area contributed by atoms with Crippen LogP contribution in [0.15, 0.2) is 15.8 Å². The number of hydrogen-bond donors (Lipinski definition) is 2. The molecule has 0 atom stereocenters. The molecule has 0 aliphatic rings. The average Bonchev–Trinajstić information content (AvgIpc) is 2.31. The van der Waals surface area contributed by atoms with Crippen molar-refractivity contribution in [1.82, 2.24) is 19.4 Å². The summed E-state index contributed by atoms with van der Waals surface area (Å²) in [5.74, 6) is 0.265. The summed E-state index contributed by atoms with van der Waals surface area (Å²) in [6, 6.07) is 0. The van der Waals surface area contributed by atoms with Crippen molar-refractivity contribution in [3.05, 3.63) is 32.9 Å². The number of aryl methyl sites for hydroxylation is 1. The molecule has 2 heterocycles. The molecular formula is C6H6N4O2. The molecule has 0 aliphatic heterocycles. The van der Waals surface area contributed by atoms with Gasteiger partial charge in [0.05, 0.1) is 6.20 Å². The number of rotatable bonds is 0. The zero-order valence-electron chi connectivity index (χ0n) is 6.29. The Morgan fingerprint density at radius 3 is 2.92 bits per heavy atom. The van der Waals surface area contributed by atoms with E-state index in [1.165, 1.54) is 10.6 Å². The predicted octanol–water partition coefficient (Wildman–Crippen LogP) is -0.981. The molecule has 0 amide bonds. The van der Waals surface area contributed by atoms with E-state index in [9.17, 15) is 9.59 Å². The molecule has 0 saturated heterocycles. The van der Waals surface area contributed by atoms with Gasteiger partial charge in [-0.25, -0.2) is 19.0 Å². The molecule has 6 heteroatoms. The zero-order valence-corrected chi connectivity index (χ0v) is 6.29. The number of fused-ring (bicyclic) bond motifs is 1. The van der Waals surface area contributed by atoms with Gasteiger partial charge in [0, 0.05) is 5.69 Å². The highest BCUT2D eigenvalue weighted by Crippen LogP contribution is 1.94. The van der Waals surface area contributed by atoms with Crippen LogP contribution < -0.4 is 11.4 Å². The molecule has 62 valence electrons. The Kier molecular flexibility index (Phi) is 1.18. The van der Waals surface area contributed by atoms with E-state index in [2.05, 4.69) is 15.0 Å². The van der Waals surface area contributed by atoms with E-state index in [1.54, 1.807) is 6.92 Å². The molecule has 0 fully saturated rings. The lowest BCUT2D eigenvalue weighted by molar-refractivity contribution is 0.888. The van der Waals surface area contributed by atoms with Gasteiger partial charge in [-0.2, -0.15) is 0 Å². The van der Waals surface area contributed by atoms with E-state index < -0.39 is 11.4 Å². The van der Waals surface area contributed by atoms with Crippen molar-refractivity contribution in [1.29, 1.82) is 0 Å². The van der Waals surface area contributed by atoms with Crippen molar-refractivity contribution in [2.45, 2.75) is 6.92 Å². The van der Waals surface area contributed by atoms with Crippen molar-refractivity contribution >= 4 is 5.78 Å². The number of aromatic amines is 2. The van der Waals surface area contributed by atoms with E-state index in [-0.39, 0.29) is 5.78 Å². The minimum absolute atomic E-state index is 0.265. The van der Waals surface area contributed by atoms with Crippen LogP contribution in [0.1, 0.15) is 5.69 Å². The summed E-state index contributed by atoms with van der Waals surface area (Å²) < 4.78 is 1.29. The number of nitrogens with one attached hydrogen (secondary N) is 2. The van der Waals surface area contributed by atoms with Gasteiger partial charge in [0.25, 0.3) is 0 Å². The summed E-state index contributed by atoms with van der Waals surface area (Å²) in [5.41, 5.74) is -0.329. The molecular weight excluding hydrogens is 160 g/mol. The third kappa shape index (κ3) is 0.777. The molecule has 0 aliphatic carbocycles. The van der Waals surface area contributed by atoms with Crippen LogP contribution >= 0.6 is 0 Å². The van der Waals surface area contributed by atoms with Crippen LogP contribution in [-0.4, -0.2) is 19.4 Å². The number of hydrogen-bond acceptors (Lipinski definition) is 3. The second kappa shape index (κ2) is 2.07. The molecule has 0 saturated carbocycles. The Morgan fingerprint density at radius 1 is 1.42 bits per heavy atom. The minimum Gasteiger partial charge on any atom is -0.277 e. The maximum Gasteiger partial charge on any atom is 0.336 e. The molecule has 0 unspecified atom stereocenters. The van der Waals surface area contributed by atoms with Gasteiger partial charge in [0.1, 0.15) is 0 Å². The van der Waals surface area contributed by atoms with Crippen LogP contribution in [0.4, 0.5) is 0 Å². The van der Waals surface area contributed by atoms with Gasteiger partial charge in [0.15, 0.2) is 0 Å². The highest BCUT2D eigenvalue weighted by Gasteiger charge is 2.02. The quantitative estimate of drug-likeness (QED) is 0.527. The molecule has 0 aromatic carbocycles. The van der Waals surface area contributed by atoms with Crippen molar-refractivity contribution in [3.63, 3.8) is 0 Å². The minimum atomic E-state index is -0.543. The van der Waals surface area contributed by atoms with Crippen LogP contribution in [-0.2, 0) is 0 Å². The van der Waals surface area contributed by atoms with Gasteiger partial charge in [-0.05, 0) is 6.92 Å². The Labute approximate surface area is 65.9 Å². The Balaban J connectivity index is 3.13. The van der Waals surface area contributed by atoms with Crippen molar-refractivity contribution in [2.75, 3.05) is 0 Å². The second-order valence-corrected chi connectivity index (χ2v) is 2.44. The SMILES string of the molecule is Cc1cnc2[nH]c(=O)[nH]c(=O)n12. The van der Waals surface area contributed by atoms with Gasteiger partial charge in [-0.15, -0.1) is 0 Å². The van der Waals surface area contributed by atoms with Gasteiger partial charge in [-0.3, -0.25) is 9.97 Å². The average molecular weight is 166 g/mol. The molecule has 6 nitrogen and oxygen atoms in total. The van der Waals surface area contributed by atoms with Crippen LogP contribution in [0, 0.1) is 6.92 Å². The second-order valence-electron chi connectivity index (χ2n) is 2.44. The third-order valence-electron chi connectivity index (χ3n) is 1.59. The van der Waals surface area contributed by atoms with Gasteiger partial charge < -0.3 is 0 Å². The third-order valence-corrected chi connectivity index (χ3v) is 1.59. The van der Waals surface area contributed by atoms with E-state index in [1.807, 2.05) is 0 Å². The fourth-order valence-electron chi connectivity index (χ4n) is 1.07. The summed E-state index contributed by atoms with van der Waals surface area (Å²) in [6.45, 7) is 1.73. The summed E-state index contributed by atoms with van der Waals surface area (Å²) in [4.78, 5) is 30.2. The molecule has 2 rings (SSSR count). The molecule has 2 aromatic rings. The molecule has 0 spiro atoms. The maximum absolute atomic E-state index is 11.1. The van der Waals surface area contributed by atoms with Crippen LogP contribution in [0.5, 0.6) is 0 Å².